The second-order valence-corrected chi connectivity index (χ2v) is 4.91. The molecule has 16 heavy (non-hydrogen) atoms. The van der Waals surface area contributed by atoms with Gasteiger partial charge in [-0.15, -0.1) is 11.3 Å². The van der Waals surface area contributed by atoms with E-state index in [4.69, 9.17) is 9.84 Å². The van der Waals surface area contributed by atoms with Crippen molar-refractivity contribution in [1.29, 1.82) is 0 Å². The Morgan fingerprint density at radius 3 is 2.88 bits per heavy atom. The van der Waals surface area contributed by atoms with Crippen LogP contribution < -0.4 is 5.32 Å². The van der Waals surface area contributed by atoms with Crippen molar-refractivity contribution in [3.05, 3.63) is 22.4 Å². The summed E-state index contributed by atoms with van der Waals surface area (Å²) in [6.07, 6.45) is 1.75. The molecule has 92 valence electrons. The molecule has 2 N–H and O–H groups in total. The minimum Gasteiger partial charge on any atom is -0.396 e. The van der Waals surface area contributed by atoms with Crippen LogP contribution in [0.4, 0.5) is 0 Å². The van der Waals surface area contributed by atoms with Gasteiger partial charge in [0.05, 0.1) is 0 Å². The van der Waals surface area contributed by atoms with Crippen LogP contribution in [0.3, 0.4) is 0 Å². The van der Waals surface area contributed by atoms with E-state index in [-0.39, 0.29) is 12.6 Å². The zero-order valence-electron chi connectivity index (χ0n) is 9.98. The standard InChI is InChI=1S/C12H21NO2S/c1-10(6-8-15-2)13-11(5-7-14)12-4-3-9-16-12/h3-4,9-11,13-14H,5-8H2,1-2H3. The number of nitrogens with one attached hydrogen (secondary N) is 1. The number of hydrogen-bond acceptors (Lipinski definition) is 4. The first-order chi connectivity index (χ1) is 7.77. The fourth-order valence-electron chi connectivity index (χ4n) is 1.65. The molecule has 2 unspecified atom stereocenters. The molecule has 0 saturated carbocycles. The number of methoxy groups -OCH3 is 1. The monoisotopic (exact) mass is 243 g/mol. The minimum absolute atomic E-state index is 0.215. The second-order valence-electron chi connectivity index (χ2n) is 3.93. The van der Waals surface area contributed by atoms with Gasteiger partial charge in [0.15, 0.2) is 0 Å². The van der Waals surface area contributed by atoms with Crippen molar-refractivity contribution in [2.45, 2.75) is 31.8 Å². The molecule has 0 aliphatic carbocycles. The van der Waals surface area contributed by atoms with Crippen molar-refractivity contribution in [3.8, 4) is 0 Å². The van der Waals surface area contributed by atoms with Crippen molar-refractivity contribution in [2.24, 2.45) is 0 Å². The van der Waals surface area contributed by atoms with Gasteiger partial charge >= 0.3 is 0 Å². The first-order valence-corrected chi connectivity index (χ1v) is 6.55. The highest BCUT2D eigenvalue weighted by molar-refractivity contribution is 7.10. The third-order valence-electron chi connectivity index (χ3n) is 2.55. The molecule has 1 aromatic heterocycles. The van der Waals surface area contributed by atoms with Crippen LogP contribution in [0.2, 0.25) is 0 Å². The molecule has 0 fully saturated rings. The van der Waals surface area contributed by atoms with Gasteiger partial charge < -0.3 is 15.2 Å². The molecule has 0 bridgehead atoms. The number of aliphatic hydroxyl groups excluding tert-OH is 1. The Balaban J connectivity index is 2.45. The van der Waals surface area contributed by atoms with E-state index in [0.717, 1.165) is 19.4 Å². The summed E-state index contributed by atoms with van der Waals surface area (Å²) in [6, 6.07) is 4.82. The minimum atomic E-state index is 0.215. The third-order valence-corrected chi connectivity index (χ3v) is 3.53. The van der Waals surface area contributed by atoms with Crippen LogP contribution in [-0.4, -0.2) is 31.5 Å². The predicted octanol–water partition coefficient (Wildman–Crippen LogP) is 2.19. The maximum atomic E-state index is 9.06. The lowest BCUT2D eigenvalue weighted by Crippen LogP contribution is -2.31. The lowest BCUT2D eigenvalue weighted by atomic mass is 10.1. The van der Waals surface area contributed by atoms with E-state index in [1.807, 2.05) is 6.07 Å². The summed E-state index contributed by atoms with van der Waals surface area (Å²) in [6.45, 7) is 3.13. The number of rotatable bonds is 8. The summed E-state index contributed by atoms with van der Waals surface area (Å²) in [7, 11) is 1.72. The summed E-state index contributed by atoms with van der Waals surface area (Å²) in [5, 5.41) is 14.7. The zero-order chi connectivity index (χ0) is 11.8. The molecule has 1 aromatic rings. The summed E-state index contributed by atoms with van der Waals surface area (Å²) in [4.78, 5) is 1.29. The van der Waals surface area contributed by atoms with Crippen molar-refractivity contribution in [2.75, 3.05) is 20.3 Å². The molecule has 0 spiro atoms. The molecule has 0 amide bonds. The Labute approximate surface area is 101 Å². The van der Waals surface area contributed by atoms with Crippen LogP contribution >= 0.6 is 11.3 Å². The van der Waals surface area contributed by atoms with Gasteiger partial charge in [0.2, 0.25) is 0 Å². The van der Waals surface area contributed by atoms with E-state index in [0.29, 0.717) is 6.04 Å². The Morgan fingerprint density at radius 2 is 2.31 bits per heavy atom. The first kappa shape index (κ1) is 13.6. The predicted molar refractivity (Wildman–Crippen MR) is 67.9 cm³/mol. The lowest BCUT2D eigenvalue weighted by molar-refractivity contribution is 0.180. The summed E-state index contributed by atoms with van der Waals surface area (Å²) in [5.41, 5.74) is 0. The number of ether oxygens (including phenoxy) is 1. The molecule has 4 heteroatoms. The average molecular weight is 243 g/mol. The van der Waals surface area contributed by atoms with Gasteiger partial charge in [-0.05, 0) is 31.2 Å². The van der Waals surface area contributed by atoms with E-state index in [9.17, 15) is 0 Å². The number of thiophene rings is 1. The van der Waals surface area contributed by atoms with Crippen molar-refractivity contribution in [1.82, 2.24) is 5.32 Å². The Kier molecular flexibility index (Phi) is 6.64. The first-order valence-electron chi connectivity index (χ1n) is 5.67. The Hall–Kier alpha value is -0.420. The summed E-state index contributed by atoms with van der Waals surface area (Å²) in [5.74, 6) is 0. The van der Waals surface area contributed by atoms with Crippen molar-refractivity contribution < 1.29 is 9.84 Å². The Bertz CT molecular complexity index is 264. The summed E-state index contributed by atoms with van der Waals surface area (Å²) < 4.78 is 5.06. The second kappa shape index (κ2) is 7.79. The van der Waals surface area contributed by atoms with Crippen LogP contribution in [-0.2, 0) is 4.74 Å². The number of hydrogen-bond donors (Lipinski definition) is 2. The van der Waals surface area contributed by atoms with Gasteiger partial charge in [-0.25, -0.2) is 0 Å². The average Bonchev–Trinajstić information content (AvgIpc) is 2.79. The maximum Gasteiger partial charge on any atom is 0.0476 e. The van der Waals surface area contributed by atoms with E-state index in [1.165, 1.54) is 4.88 Å². The van der Waals surface area contributed by atoms with Crippen LogP contribution in [0.15, 0.2) is 17.5 Å². The van der Waals surface area contributed by atoms with Gasteiger partial charge in [-0.2, -0.15) is 0 Å². The van der Waals surface area contributed by atoms with E-state index in [2.05, 4.69) is 23.7 Å². The Morgan fingerprint density at radius 1 is 1.50 bits per heavy atom. The fraction of sp³-hybridized carbons (Fsp3) is 0.667. The molecular weight excluding hydrogens is 222 g/mol. The van der Waals surface area contributed by atoms with Gasteiger partial charge in [-0.3, -0.25) is 0 Å². The largest absolute Gasteiger partial charge is 0.396 e. The topological polar surface area (TPSA) is 41.5 Å². The van der Waals surface area contributed by atoms with Gasteiger partial charge in [0.1, 0.15) is 0 Å². The van der Waals surface area contributed by atoms with E-state index in [1.54, 1.807) is 18.4 Å². The molecule has 0 saturated heterocycles. The van der Waals surface area contributed by atoms with Gasteiger partial charge in [0.25, 0.3) is 0 Å². The van der Waals surface area contributed by atoms with Gasteiger partial charge in [-0.1, -0.05) is 6.07 Å². The molecule has 0 radical (unpaired) electrons. The van der Waals surface area contributed by atoms with Crippen molar-refractivity contribution in [3.63, 3.8) is 0 Å². The van der Waals surface area contributed by atoms with E-state index >= 15 is 0 Å². The highest BCUT2D eigenvalue weighted by atomic mass is 32.1. The molecule has 1 rings (SSSR count). The maximum absolute atomic E-state index is 9.06. The smallest absolute Gasteiger partial charge is 0.0476 e. The quantitative estimate of drug-likeness (QED) is 0.735. The molecule has 0 aromatic carbocycles. The summed E-state index contributed by atoms with van der Waals surface area (Å²) >= 11 is 1.73. The van der Waals surface area contributed by atoms with Crippen LogP contribution in [0.1, 0.15) is 30.7 Å². The highest BCUT2D eigenvalue weighted by Gasteiger charge is 2.14. The SMILES string of the molecule is COCCC(C)NC(CCO)c1cccs1. The van der Waals surface area contributed by atoms with Crippen molar-refractivity contribution >= 4 is 11.3 Å². The van der Waals surface area contributed by atoms with E-state index < -0.39 is 0 Å². The van der Waals surface area contributed by atoms with Gasteiger partial charge in [0, 0.05) is 37.3 Å². The normalized spacial score (nSPS) is 14.9. The van der Waals surface area contributed by atoms with Crippen LogP contribution in [0, 0.1) is 0 Å². The third kappa shape index (κ3) is 4.61. The van der Waals surface area contributed by atoms with Crippen LogP contribution in [0.5, 0.6) is 0 Å². The molecule has 0 aliphatic heterocycles. The lowest BCUT2D eigenvalue weighted by Gasteiger charge is -2.21. The molecule has 0 aliphatic rings. The highest BCUT2D eigenvalue weighted by Crippen LogP contribution is 2.22. The fourth-order valence-corrected chi connectivity index (χ4v) is 2.47. The molecular formula is C12H21NO2S. The molecule has 1 heterocycles. The zero-order valence-corrected chi connectivity index (χ0v) is 10.8. The number of aliphatic hydroxyl groups is 1. The molecule has 3 nitrogen and oxygen atoms in total. The molecule has 2 atom stereocenters. The van der Waals surface area contributed by atoms with Crippen LogP contribution in [0.25, 0.3) is 0 Å².